The molecule has 0 aliphatic rings. The maximum absolute atomic E-state index is 12.0. The molecule has 4 nitrogen and oxygen atoms in total. The summed E-state index contributed by atoms with van der Waals surface area (Å²) in [5.74, 6) is -0.123. The number of hydrogen-bond donors (Lipinski definition) is 0. The molecule has 2 rings (SSSR count). The number of nitro benzene ring substituents is 1. The average Bonchev–Trinajstić information content (AvgIpc) is 2.45. The van der Waals surface area contributed by atoms with E-state index >= 15 is 0 Å². The molecule has 0 saturated heterocycles. The number of allylic oxidation sites excluding steroid dienone is 1. The Kier molecular flexibility index (Phi) is 4.28. The smallest absolute Gasteiger partial charge is 0.272 e. The van der Waals surface area contributed by atoms with Crippen LogP contribution in [0, 0.1) is 24.0 Å². The molecular formula is C17H15NO3. The first-order chi connectivity index (χ1) is 9.97. The van der Waals surface area contributed by atoms with Crippen LogP contribution in [-0.2, 0) is 0 Å². The van der Waals surface area contributed by atoms with Gasteiger partial charge in [-0.3, -0.25) is 14.9 Å². The highest BCUT2D eigenvalue weighted by Gasteiger charge is 2.10. The number of ketones is 1. The standard InChI is InChI=1S/C17H15NO3/c1-12-4-3-5-15(10-12)17(19)9-8-14-7-6-13(2)16(11-14)18(20)21/h3-11H,1-2H3/b9-8+. The highest BCUT2D eigenvalue weighted by Crippen LogP contribution is 2.20. The largest absolute Gasteiger partial charge is 0.289 e. The molecule has 0 aromatic heterocycles. The van der Waals surface area contributed by atoms with E-state index < -0.39 is 4.92 Å². The van der Waals surface area contributed by atoms with Crippen LogP contribution in [0.3, 0.4) is 0 Å². The molecule has 0 radical (unpaired) electrons. The Morgan fingerprint density at radius 1 is 1.14 bits per heavy atom. The predicted octanol–water partition coefficient (Wildman–Crippen LogP) is 4.11. The highest BCUT2D eigenvalue weighted by molar-refractivity contribution is 6.06. The van der Waals surface area contributed by atoms with E-state index in [9.17, 15) is 14.9 Å². The molecular weight excluding hydrogens is 266 g/mol. The lowest BCUT2D eigenvalue weighted by atomic mass is 10.1. The van der Waals surface area contributed by atoms with Gasteiger partial charge in [-0.15, -0.1) is 0 Å². The summed E-state index contributed by atoms with van der Waals surface area (Å²) in [7, 11) is 0. The molecule has 0 bridgehead atoms. The van der Waals surface area contributed by atoms with Crippen molar-refractivity contribution in [2.75, 3.05) is 0 Å². The number of benzene rings is 2. The molecule has 2 aromatic rings. The first-order valence-corrected chi connectivity index (χ1v) is 6.51. The van der Waals surface area contributed by atoms with Gasteiger partial charge < -0.3 is 0 Å². The summed E-state index contributed by atoms with van der Waals surface area (Å²) >= 11 is 0. The molecule has 0 amide bonds. The van der Waals surface area contributed by atoms with Crippen LogP contribution >= 0.6 is 0 Å². The van der Waals surface area contributed by atoms with E-state index in [0.29, 0.717) is 16.7 Å². The summed E-state index contributed by atoms with van der Waals surface area (Å²) < 4.78 is 0. The van der Waals surface area contributed by atoms with Gasteiger partial charge in [-0.25, -0.2) is 0 Å². The lowest BCUT2D eigenvalue weighted by molar-refractivity contribution is -0.385. The van der Waals surface area contributed by atoms with Crippen LogP contribution < -0.4 is 0 Å². The van der Waals surface area contributed by atoms with Crippen molar-refractivity contribution in [3.8, 4) is 0 Å². The van der Waals surface area contributed by atoms with Crippen molar-refractivity contribution in [3.63, 3.8) is 0 Å². The van der Waals surface area contributed by atoms with Gasteiger partial charge in [0, 0.05) is 17.2 Å². The predicted molar refractivity (Wildman–Crippen MR) is 82.4 cm³/mol. The Morgan fingerprint density at radius 3 is 2.57 bits per heavy atom. The fourth-order valence-corrected chi connectivity index (χ4v) is 1.99. The third-order valence-electron chi connectivity index (χ3n) is 3.16. The summed E-state index contributed by atoms with van der Waals surface area (Å²) in [5.41, 5.74) is 2.91. The molecule has 0 aliphatic carbocycles. The Hall–Kier alpha value is -2.75. The summed E-state index contributed by atoms with van der Waals surface area (Å²) in [6.07, 6.45) is 3.03. The number of carbonyl (C=O) groups is 1. The maximum Gasteiger partial charge on any atom is 0.272 e. The molecule has 0 fully saturated rings. The summed E-state index contributed by atoms with van der Waals surface area (Å²) in [6, 6.07) is 12.2. The van der Waals surface area contributed by atoms with Crippen molar-refractivity contribution in [3.05, 3.63) is 80.9 Å². The van der Waals surface area contributed by atoms with E-state index in [-0.39, 0.29) is 11.5 Å². The normalized spacial score (nSPS) is 10.8. The number of nitrogens with zero attached hydrogens (tertiary/aromatic N) is 1. The Labute approximate surface area is 122 Å². The molecule has 0 spiro atoms. The van der Waals surface area contributed by atoms with Crippen LogP contribution in [-0.4, -0.2) is 10.7 Å². The van der Waals surface area contributed by atoms with Gasteiger partial charge >= 0.3 is 0 Å². The van der Waals surface area contributed by atoms with Crippen LogP contribution in [0.2, 0.25) is 0 Å². The SMILES string of the molecule is Cc1cccc(C(=O)/C=C/c2ccc(C)c([N+](=O)[O-])c2)c1. The van der Waals surface area contributed by atoms with E-state index in [1.807, 2.05) is 25.1 Å². The van der Waals surface area contributed by atoms with Crippen molar-refractivity contribution in [2.24, 2.45) is 0 Å². The van der Waals surface area contributed by atoms with Crippen LogP contribution in [0.15, 0.2) is 48.5 Å². The second-order valence-corrected chi connectivity index (χ2v) is 4.87. The van der Waals surface area contributed by atoms with Crippen LogP contribution in [0.5, 0.6) is 0 Å². The molecule has 0 atom stereocenters. The zero-order valence-electron chi connectivity index (χ0n) is 11.9. The minimum Gasteiger partial charge on any atom is -0.289 e. The number of nitro groups is 1. The number of aryl methyl sites for hydroxylation is 2. The molecule has 0 saturated carbocycles. The van der Waals surface area contributed by atoms with Crippen LogP contribution in [0.1, 0.15) is 27.0 Å². The van der Waals surface area contributed by atoms with Crippen molar-refractivity contribution in [2.45, 2.75) is 13.8 Å². The van der Waals surface area contributed by atoms with E-state index in [2.05, 4.69) is 0 Å². The van der Waals surface area contributed by atoms with Crippen molar-refractivity contribution in [1.29, 1.82) is 0 Å². The lowest BCUT2D eigenvalue weighted by Gasteiger charge is -1.99. The van der Waals surface area contributed by atoms with Crippen molar-refractivity contribution >= 4 is 17.5 Å². The number of hydrogen-bond acceptors (Lipinski definition) is 3. The quantitative estimate of drug-likeness (QED) is 0.367. The molecule has 106 valence electrons. The van der Waals surface area contributed by atoms with Gasteiger partial charge in [-0.2, -0.15) is 0 Å². The molecule has 0 unspecified atom stereocenters. The van der Waals surface area contributed by atoms with Gasteiger partial charge in [0.2, 0.25) is 0 Å². The maximum atomic E-state index is 12.0. The third-order valence-corrected chi connectivity index (χ3v) is 3.16. The third kappa shape index (κ3) is 3.63. The molecule has 0 aliphatic heterocycles. The Bertz CT molecular complexity index is 733. The van der Waals surface area contributed by atoms with Gasteiger partial charge in [0.1, 0.15) is 0 Å². The number of rotatable bonds is 4. The summed E-state index contributed by atoms with van der Waals surface area (Å²) in [5, 5.41) is 10.9. The molecule has 0 N–H and O–H groups in total. The fraction of sp³-hybridized carbons (Fsp3) is 0.118. The summed E-state index contributed by atoms with van der Waals surface area (Å²) in [6.45, 7) is 3.60. The van der Waals surface area contributed by atoms with Crippen molar-refractivity contribution in [1.82, 2.24) is 0 Å². The Balaban J connectivity index is 2.23. The highest BCUT2D eigenvalue weighted by atomic mass is 16.6. The van der Waals surface area contributed by atoms with E-state index in [1.165, 1.54) is 12.1 Å². The van der Waals surface area contributed by atoms with Crippen LogP contribution in [0.25, 0.3) is 6.08 Å². The fourth-order valence-electron chi connectivity index (χ4n) is 1.99. The van der Waals surface area contributed by atoms with E-state index in [1.54, 1.807) is 31.2 Å². The van der Waals surface area contributed by atoms with E-state index in [0.717, 1.165) is 5.56 Å². The van der Waals surface area contributed by atoms with Gasteiger partial charge in [0.15, 0.2) is 5.78 Å². The minimum atomic E-state index is -0.422. The zero-order chi connectivity index (χ0) is 15.4. The van der Waals surface area contributed by atoms with Gasteiger partial charge in [-0.1, -0.05) is 42.0 Å². The van der Waals surface area contributed by atoms with E-state index in [4.69, 9.17) is 0 Å². The summed E-state index contributed by atoms with van der Waals surface area (Å²) in [4.78, 5) is 22.5. The molecule has 0 heterocycles. The minimum absolute atomic E-state index is 0.0557. The molecule has 21 heavy (non-hydrogen) atoms. The molecule has 4 heteroatoms. The molecule has 2 aromatic carbocycles. The van der Waals surface area contributed by atoms with Crippen LogP contribution in [0.4, 0.5) is 5.69 Å². The second-order valence-electron chi connectivity index (χ2n) is 4.87. The van der Waals surface area contributed by atoms with Gasteiger partial charge in [-0.05, 0) is 31.6 Å². The van der Waals surface area contributed by atoms with Crippen molar-refractivity contribution < 1.29 is 9.72 Å². The Morgan fingerprint density at radius 2 is 1.90 bits per heavy atom. The second kappa shape index (κ2) is 6.13. The van der Waals surface area contributed by atoms with Gasteiger partial charge in [0.25, 0.3) is 5.69 Å². The topological polar surface area (TPSA) is 60.2 Å². The first-order valence-electron chi connectivity index (χ1n) is 6.51. The number of carbonyl (C=O) groups excluding carboxylic acids is 1. The lowest BCUT2D eigenvalue weighted by Crippen LogP contribution is -1.95. The average molecular weight is 281 g/mol. The van der Waals surface area contributed by atoms with Gasteiger partial charge in [0.05, 0.1) is 4.92 Å². The first kappa shape index (κ1) is 14.7. The monoisotopic (exact) mass is 281 g/mol. The zero-order valence-corrected chi connectivity index (χ0v) is 11.9.